The minimum Gasteiger partial charge on any atom is -0.496 e. The second kappa shape index (κ2) is 7.99. The van der Waals surface area contributed by atoms with E-state index in [1.54, 1.807) is 7.11 Å². The Hall–Kier alpha value is -0.810. The van der Waals surface area contributed by atoms with Gasteiger partial charge in [0.15, 0.2) is 0 Å². The quantitative estimate of drug-likeness (QED) is 0.877. The summed E-state index contributed by atoms with van der Waals surface area (Å²) in [5.41, 5.74) is 6.97. The molecule has 1 aromatic rings. The van der Waals surface area contributed by atoms with Crippen LogP contribution >= 0.6 is 11.6 Å². The lowest BCUT2D eigenvalue weighted by Gasteiger charge is -2.33. The van der Waals surface area contributed by atoms with Gasteiger partial charge in [-0.3, -0.25) is 4.90 Å². The first-order valence-electron chi connectivity index (χ1n) is 7.51. The van der Waals surface area contributed by atoms with E-state index in [-0.39, 0.29) is 12.1 Å². The Bertz CT molecular complexity index is 450. The van der Waals surface area contributed by atoms with Gasteiger partial charge in [-0.1, -0.05) is 17.7 Å². The number of nitrogens with zero attached hydrogens (tertiary/aromatic N) is 1. The van der Waals surface area contributed by atoms with E-state index in [0.717, 1.165) is 30.9 Å². The monoisotopic (exact) mass is 312 g/mol. The van der Waals surface area contributed by atoms with Crippen molar-refractivity contribution in [2.24, 2.45) is 5.73 Å². The lowest BCUT2D eigenvalue weighted by Crippen LogP contribution is -2.38. The van der Waals surface area contributed by atoms with Gasteiger partial charge in [0.1, 0.15) is 5.75 Å². The van der Waals surface area contributed by atoms with Crippen LogP contribution in [-0.4, -0.2) is 44.9 Å². The van der Waals surface area contributed by atoms with Crippen LogP contribution < -0.4 is 10.5 Å². The standard InChI is InChI=1S/C16H25ClN2O2/c1-19(11-12-6-3-4-9-21-12)14(10-18)16-13(17)7-5-8-15(16)20-2/h5,7-8,12,14H,3-4,6,9-11,18H2,1-2H3. The maximum Gasteiger partial charge on any atom is 0.125 e. The average molecular weight is 313 g/mol. The Morgan fingerprint density at radius 1 is 1.48 bits per heavy atom. The van der Waals surface area contributed by atoms with Crippen LogP contribution in [0.3, 0.4) is 0 Å². The molecule has 4 nitrogen and oxygen atoms in total. The molecule has 1 fully saturated rings. The zero-order chi connectivity index (χ0) is 15.2. The number of rotatable bonds is 6. The van der Waals surface area contributed by atoms with Gasteiger partial charge < -0.3 is 15.2 Å². The molecule has 0 bridgehead atoms. The number of methoxy groups -OCH3 is 1. The summed E-state index contributed by atoms with van der Waals surface area (Å²) < 4.78 is 11.3. The molecule has 21 heavy (non-hydrogen) atoms. The molecule has 2 atom stereocenters. The predicted molar refractivity (Wildman–Crippen MR) is 86.0 cm³/mol. The summed E-state index contributed by atoms with van der Waals surface area (Å²) in [5, 5.41) is 0.696. The molecular formula is C16H25ClN2O2. The van der Waals surface area contributed by atoms with Gasteiger partial charge >= 0.3 is 0 Å². The topological polar surface area (TPSA) is 47.7 Å². The van der Waals surface area contributed by atoms with Crippen LogP contribution in [-0.2, 0) is 4.74 Å². The number of ether oxygens (including phenoxy) is 2. The van der Waals surface area contributed by atoms with Gasteiger partial charge in [-0.05, 0) is 38.4 Å². The van der Waals surface area contributed by atoms with Crippen molar-refractivity contribution in [1.82, 2.24) is 4.90 Å². The van der Waals surface area contributed by atoms with E-state index < -0.39 is 0 Å². The van der Waals surface area contributed by atoms with Crippen molar-refractivity contribution in [1.29, 1.82) is 0 Å². The van der Waals surface area contributed by atoms with Crippen molar-refractivity contribution >= 4 is 11.6 Å². The van der Waals surface area contributed by atoms with E-state index in [4.69, 9.17) is 26.8 Å². The summed E-state index contributed by atoms with van der Waals surface area (Å²) in [4.78, 5) is 2.22. The molecule has 2 N–H and O–H groups in total. The van der Waals surface area contributed by atoms with Crippen molar-refractivity contribution in [3.05, 3.63) is 28.8 Å². The zero-order valence-electron chi connectivity index (χ0n) is 12.8. The highest BCUT2D eigenvalue weighted by Crippen LogP contribution is 2.34. The zero-order valence-corrected chi connectivity index (χ0v) is 13.6. The van der Waals surface area contributed by atoms with Crippen LogP contribution in [0.2, 0.25) is 5.02 Å². The van der Waals surface area contributed by atoms with Gasteiger partial charge in [0, 0.05) is 30.3 Å². The van der Waals surface area contributed by atoms with Gasteiger partial charge in [-0.15, -0.1) is 0 Å². The SMILES string of the molecule is COc1cccc(Cl)c1C(CN)N(C)CC1CCCCO1. The Balaban J connectivity index is 2.14. The molecule has 1 aliphatic rings. The van der Waals surface area contributed by atoms with Gasteiger partial charge in [0.05, 0.1) is 19.3 Å². The maximum absolute atomic E-state index is 6.38. The fourth-order valence-electron chi connectivity index (χ4n) is 2.94. The van der Waals surface area contributed by atoms with Gasteiger partial charge in [-0.2, -0.15) is 0 Å². The molecule has 1 saturated heterocycles. The fraction of sp³-hybridized carbons (Fsp3) is 0.625. The van der Waals surface area contributed by atoms with Crippen molar-refractivity contribution in [3.8, 4) is 5.75 Å². The summed E-state index contributed by atoms with van der Waals surface area (Å²) >= 11 is 6.38. The number of nitrogens with two attached hydrogens (primary N) is 1. The van der Waals surface area contributed by atoms with Crippen LogP contribution in [0.15, 0.2) is 18.2 Å². The second-order valence-corrected chi connectivity index (χ2v) is 5.94. The van der Waals surface area contributed by atoms with E-state index in [2.05, 4.69) is 11.9 Å². The third-order valence-electron chi connectivity index (χ3n) is 4.09. The second-order valence-electron chi connectivity index (χ2n) is 5.54. The summed E-state index contributed by atoms with van der Waals surface area (Å²) in [6, 6.07) is 5.73. The highest BCUT2D eigenvalue weighted by Gasteiger charge is 2.25. The smallest absolute Gasteiger partial charge is 0.125 e. The number of hydrogen-bond donors (Lipinski definition) is 1. The number of benzene rings is 1. The van der Waals surface area contributed by atoms with Crippen LogP contribution in [0.4, 0.5) is 0 Å². The molecule has 118 valence electrons. The highest BCUT2D eigenvalue weighted by atomic mass is 35.5. The molecule has 1 aliphatic heterocycles. The van der Waals surface area contributed by atoms with E-state index in [0.29, 0.717) is 11.6 Å². The molecule has 0 radical (unpaired) electrons. The third kappa shape index (κ3) is 4.10. The first-order valence-corrected chi connectivity index (χ1v) is 7.89. The van der Waals surface area contributed by atoms with Crippen LogP contribution in [0, 0.1) is 0 Å². The summed E-state index contributed by atoms with van der Waals surface area (Å²) in [6.07, 6.45) is 3.80. The molecule has 1 aromatic carbocycles. The molecule has 5 heteroatoms. The minimum atomic E-state index is 0.0270. The predicted octanol–water partition coefficient (Wildman–Crippen LogP) is 2.85. The lowest BCUT2D eigenvalue weighted by molar-refractivity contribution is -0.00791. The largest absolute Gasteiger partial charge is 0.496 e. The Morgan fingerprint density at radius 3 is 2.90 bits per heavy atom. The molecule has 2 rings (SSSR count). The van der Waals surface area contributed by atoms with Crippen molar-refractivity contribution in [2.75, 3.05) is 33.9 Å². The first-order chi connectivity index (χ1) is 10.2. The van der Waals surface area contributed by atoms with Crippen molar-refractivity contribution in [3.63, 3.8) is 0 Å². The fourth-order valence-corrected chi connectivity index (χ4v) is 3.23. The molecule has 0 amide bonds. The highest BCUT2D eigenvalue weighted by molar-refractivity contribution is 6.31. The maximum atomic E-state index is 6.38. The van der Waals surface area contributed by atoms with Gasteiger partial charge in [-0.25, -0.2) is 0 Å². The number of hydrogen-bond acceptors (Lipinski definition) is 4. The van der Waals surface area contributed by atoms with E-state index in [1.807, 2.05) is 18.2 Å². The van der Waals surface area contributed by atoms with E-state index in [9.17, 15) is 0 Å². The molecule has 1 heterocycles. The molecule has 0 aromatic heterocycles. The van der Waals surface area contributed by atoms with Crippen molar-refractivity contribution < 1.29 is 9.47 Å². The molecule has 0 saturated carbocycles. The Kier molecular flexibility index (Phi) is 6.30. The first kappa shape index (κ1) is 16.6. The number of likely N-dealkylation sites (N-methyl/N-ethyl adjacent to an activating group) is 1. The minimum absolute atomic E-state index is 0.0270. The van der Waals surface area contributed by atoms with Crippen LogP contribution in [0.1, 0.15) is 30.9 Å². The van der Waals surface area contributed by atoms with Crippen LogP contribution in [0.25, 0.3) is 0 Å². The summed E-state index contributed by atoms with van der Waals surface area (Å²) in [5.74, 6) is 0.786. The van der Waals surface area contributed by atoms with E-state index >= 15 is 0 Å². The normalized spacial score (nSPS) is 20.5. The van der Waals surface area contributed by atoms with Gasteiger partial charge in [0.2, 0.25) is 0 Å². The van der Waals surface area contributed by atoms with Crippen LogP contribution in [0.5, 0.6) is 5.75 Å². The third-order valence-corrected chi connectivity index (χ3v) is 4.42. The average Bonchev–Trinajstić information content (AvgIpc) is 2.50. The molecule has 2 unspecified atom stereocenters. The van der Waals surface area contributed by atoms with Gasteiger partial charge in [0.25, 0.3) is 0 Å². The molecular weight excluding hydrogens is 288 g/mol. The molecule has 0 aliphatic carbocycles. The van der Waals surface area contributed by atoms with E-state index in [1.165, 1.54) is 12.8 Å². The Labute approximate surface area is 132 Å². The van der Waals surface area contributed by atoms with Crippen molar-refractivity contribution in [2.45, 2.75) is 31.4 Å². The molecule has 0 spiro atoms. The number of halogens is 1. The summed E-state index contributed by atoms with van der Waals surface area (Å²) in [6.45, 7) is 2.21. The lowest BCUT2D eigenvalue weighted by atomic mass is 10.0. The summed E-state index contributed by atoms with van der Waals surface area (Å²) in [7, 11) is 3.73. The Morgan fingerprint density at radius 2 is 2.29 bits per heavy atom.